The summed E-state index contributed by atoms with van der Waals surface area (Å²) in [6, 6.07) is 8.43. The molecule has 0 saturated carbocycles. The molecule has 1 aliphatic heterocycles. The molecule has 0 aliphatic carbocycles. The highest BCUT2D eigenvalue weighted by molar-refractivity contribution is 5.24. The van der Waals surface area contributed by atoms with Crippen molar-refractivity contribution in [2.45, 2.75) is 32.1 Å². The summed E-state index contributed by atoms with van der Waals surface area (Å²) in [5.74, 6) is 1.95. The lowest BCUT2D eigenvalue weighted by molar-refractivity contribution is 0.320. The van der Waals surface area contributed by atoms with Crippen molar-refractivity contribution in [1.82, 2.24) is 15.5 Å². The Labute approximate surface area is 113 Å². The molecule has 1 fully saturated rings. The second kappa shape index (κ2) is 5.53. The van der Waals surface area contributed by atoms with Crippen LogP contribution in [0.1, 0.15) is 41.6 Å². The lowest BCUT2D eigenvalue weighted by Gasteiger charge is -2.18. The highest BCUT2D eigenvalue weighted by Gasteiger charge is 2.21. The zero-order chi connectivity index (χ0) is 13.1. The zero-order valence-electron chi connectivity index (χ0n) is 11.2. The van der Waals surface area contributed by atoms with Crippen LogP contribution in [0.2, 0.25) is 0 Å². The number of piperidine rings is 1. The standard InChI is InChI=1S/C15H19N3O/c1-11-4-2-5-12(8-11)9-14-17-15(19-18-14)13-6-3-7-16-10-13/h2,4-5,8,13,16H,3,6-7,9-10H2,1H3. The van der Waals surface area contributed by atoms with Gasteiger partial charge in [-0.25, -0.2) is 0 Å². The second-order valence-electron chi connectivity index (χ2n) is 5.26. The molecule has 1 atom stereocenters. The molecule has 2 heterocycles. The predicted octanol–water partition coefficient (Wildman–Crippen LogP) is 2.44. The maximum Gasteiger partial charge on any atom is 0.231 e. The quantitative estimate of drug-likeness (QED) is 0.917. The molecule has 0 amide bonds. The van der Waals surface area contributed by atoms with Crippen LogP contribution in [0.25, 0.3) is 0 Å². The lowest BCUT2D eigenvalue weighted by atomic mass is 10.00. The van der Waals surface area contributed by atoms with Gasteiger partial charge in [0, 0.05) is 13.0 Å². The number of nitrogens with one attached hydrogen (secondary N) is 1. The van der Waals surface area contributed by atoms with E-state index in [1.807, 2.05) is 0 Å². The van der Waals surface area contributed by atoms with Crippen molar-refractivity contribution >= 4 is 0 Å². The lowest BCUT2D eigenvalue weighted by Crippen LogP contribution is -2.28. The molecular weight excluding hydrogens is 238 g/mol. The van der Waals surface area contributed by atoms with E-state index in [2.05, 4.69) is 46.6 Å². The number of hydrogen-bond donors (Lipinski definition) is 1. The Kier molecular flexibility index (Phi) is 3.60. The van der Waals surface area contributed by atoms with Crippen LogP contribution in [0.5, 0.6) is 0 Å². The average Bonchev–Trinajstić information content (AvgIpc) is 2.88. The third kappa shape index (κ3) is 3.01. The topological polar surface area (TPSA) is 51.0 Å². The molecule has 0 radical (unpaired) electrons. The molecule has 4 nitrogen and oxygen atoms in total. The number of benzene rings is 1. The molecule has 1 saturated heterocycles. The van der Waals surface area contributed by atoms with Gasteiger partial charge in [0.1, 0.15) is 0 Å². The van der Waals surface area contributed by atoms with E-state index < -0.39 is 0 Å². The highest BCUT2D eigenvalue weighted by atomic mass is 16.5. The number of hydrogen-bond acceptors (Lipinski definition) is 4. The zero-order valence-corrected chi connectivity index (χ0v) is 11.2. The van der Waals surface area contributed by atoms with Crippen molar-refractivity contribution in [2.24, 2.45) is 0 Å². The molecule has 0 spiro atoms. The van der Waals surface area contributed by atoms with E-state index in [0.29, 0.717) is 5.92 Å². The van der Waals surface area contributed by atoms with Gasteiger partial charge in [-0.15, -0.1) is 0 Å². The Hall–Kier alpha value is -1.68. The average molecular weight is 257 g/mol. The maximum absolute atomic E-state index is 5.41. The maximum atomic E-state index is 5.41. The van der Waals surface area contributed by atoms with Crippen LogP contribution in [-0.2, 0) is 6.42 Å². The minimum Gasteiger partial charge on any atom is -0.339 e. The van der Waals surface area contributed by atoms with Gasteiger partial charge < -0.3 is 9.84 Å². The first-order valence-electron chi connectivity index (χ1n) is 6.90. The fourth-order valence-corrected chi connectivity index (χ4v) is 2.57. The van der Waals surface area contributed by atoms with Gasteiger partial charge in [-0.05, 0) is 31.9 Å². The van der Waals surface area contributed by atoms with E-state index in [-0.39, 0.29) is 0 Å². The third-order valence-corrected chi connectivity index (χ3v) is 3.57. The largest absolute Gasteiger partial charge is 0.339 e. The van der Waals surface area contributed by atoms with Crippen LogP contribution in [0, 0.1) is 6.92 Å². The van der Waals surface area contributed by atoms with Gasteiger partial charge in [0.2, 0.25) is 5.89 Å². The molecule has 1 N–H and O–H groups in total. The summed E-state index contributed by atoms with van der Waals surface area (Å²) >= 11 is 0. The van der Waals surface area contributed by atoms with Gasteiger partial charge in [0.05, 0.1) is 5.92 Å². The summed E-state index contributed by atoms with van der Waals surface area (Å²) in [6.07, 6.45) is 3.06. The van der Waals surface area contributed by atoms with Gasteiger partial charge in [-0.2, -0.15) is 4.98 Å². The summed E-state index contributed by atoms with van der Waals surface area (Å²) in [6.45, 7) is 4.14. The summed E-state index contributed by atoms with van der Waals surface area (Å²) in [4.78, 5) is 4.54. The monoisotopic (exact) mass is 257 g/mol. The molecule has 100 valence electrons. The summed E-state index contributed by atoms with van der Waals surface area (Å²) in [5.41, 5.74) is 2.49. The van der Waals surface area contributed by atoms with Crippen molar-refractivity contribution in [3.8, 4) is 0 Å². The summed E-state index contributed by atoms with van der Waals surface area (Å²) in [5, 5.41) is 7.47. The first kappa shape index (κ1) is 12.4. The van der Waals surface area contributed by atoms with Crippen LogP contribution < -0.4 is 5.32 Å². The van der Waals surface area contributed by atoms with Crippen molar-refractivity contribution in [3.05, 3.63) is 47.1 Å². The third-order valence-electron chi connectivity index (χ3n) is 3.57. The Morgan fingerprint density at radius 1 is 1.42 bits per heavy atom. The molecule has 1 aromatic carbocycles. The van der Waals surface area contributed by atoms with Gasteiger partial charge in [0.25, 0.3) is 0 Å². The molecule has 2 aromatic rings. The van der Waals surface area contributed by atoms with Gasteiger partial charge in [-0.3, -0.25) is 0 Å². The van der Waals surface area contributed by atoms with Crippen molar-refractivity contribution in [2.75, 3.05) is 13.1 Å². The van der Waals surface area contributed by atoms with Gasteiger partial charge in [-0.1, -0.05) is 35.0 Å². The van der Waals surface area contributed by atoms with Crippen LogP contribution >= 0.6 is 0 Å². The fourth-order valence-electron chi connectivity index (χ4n) is 2.57. The molecule has 19 heavy (non-hydrogen) atoms. The Balaban J connectivity index is 1.70. The molecule has 1 aliphatic rings. The van der Waals surface area contributed by atoms with E-state index in [0.717, 1.165) is 37.6 Å². The van der Waals surface area contributed by atoms with Crippen molar-refractivity contribution < 1.29 is 4.52 Å². The number of rotatable bonds is 3. The smallest absolute Gasteiger partial charge is 0.231 e. The first-order valence-corrected chi connectivity index (χ1v) is 6.90. The summed E-state index contributed by atoms with van der Waals surface area (Å²) in [7, 11) is 0. The minimum atomic E-state index is 0.382. The van der Waals surface area contributed by atoms with E-state index in [1.54, 1.807) is 0 Å². The SMILES string of the molecule is Cc1cccc(Cc2noc(C3CCCNC3)n2)c1. The van der Waals surface area contributed by atoms with E-state index >= 15 is 0 Å². The highest BCUT2D eigenvalue weighted by Crippen LogP contribution is 2.21. The van der Waals surface area contributed by atoms with Crippen molar-refractivity contribution in [1.29, 1.82) is 0 Å². The van der Waals surface area contributed by atoms with Crippen LogP contribution in [-0.4, -0.2) is 23.2 Å². The number of aryl methyl sites for hydroxylation is 1. The van der Waals surface area contributed by atoms with Crippen molar-refractivity contribution in [3.63, 3.8) is 0 Å². The van der Waals surface area contributed by atoms with Crippen LogP contribution in [0.15, 0.2) is 28.8 Å². The molecule has 1 unspecified atom stereocenters. The predicted molar refractivity (Wildman–Crippen MR) is 73.1 cm³/mol. The van der Waals surface area contributed by atoms with E-state index in [1.165, 1.54) is 17.5 Å². The van der Waals surface area contributed by atoms with Gasteiger partial charge in [0.15, 0.2) is 5.82 Å². The van der Waals surface area contributed by atoms with Gasteiger partial charge >= 0.3 is 0 Å². The Morgan fingerprint density at radius 3 is 3.16 bits per heavy atom. The summed E-state index contributed by atoms with van der Waals surface area (Å²) < 4.78 is 5.41. The number of aromatic nitrogens is 2. The molecule has 1 aromatic heterocycles. The molecule has 4 heteroatoms. The normalized spacial score (nSPS) is 19.5. The van der Waals surface area contributed by atoms with E-state index in [4.69, 9.17) is 4.52 Å². The first-order chi connectivity index (χ1) is 9.31. The van der Waals surface area contributed by atoms with Crippen LogP contribution in [0.4, 0.5) is 0 Å². The molecular formula is C15H19N3O. The fraction of sp³-hybridized carbons (Fsp3) is 0.467. The molecule has 0 bridgehead atoms. The molecule has 3 rings (SSSR count). The Morgan fingerprint density at radius 2 is 2.37 bits per heavy atom. The van der Waals surface area contributed by atoms with E-state index in [9.17, 15) is 0 Å². The number of nitrogens with zero attached hydrogens (tertiary/aromatic N) is 2. The minimum absolute atomic E-state index is 0.382. The Bertz CT molecular complexity index is 544. The second-order valence-corrected chi connectivity index (χ2v) is 5.26. The van der Waals surface area contributed by atoms with Crippen LogP contribution in [0.3, 0.4) is 0 Å².